The van der Waals surface area contributed by atoms with Crippen LogP contribution in [-0.2, 0) is 19.8 Å². The van der Waals surface area contributed by atoms with Crippen molar-refractivity contribution in [3.8, 4) is 5.69 Å². The van der Waals surface area contributed by atoms with Crippen molar-refractivity contribution < 1.29 is 14.4 Å². The lowest BCUT2D eigenvalue weighted by Crippen LogP contribution is -2.41. The number of carbonyl (C=O) groups excluding carboxylic acids is 3. The Morgan fingerprint density at radius 3 is 2.32 bits per heavy atom. The summed E-state index contributed by atoms with van der Waals surface area (Å²) >= 11 is 0. The molecule has 0 bridgehead atoms. The summed E-state index contributed by atoms with van der Waals surface area (Å²) in [4.78, 5) is 38.0. The first-order valence-corrected chi connectivity index (χ1v) is 10.7. The molecule has 1 aliphatic rings. The Hall–Kier alpha value is -3.16. The normalized spacial score (nSPS) is 15.0. The summed E-state index contributed by atoms with van der Waals surface area (Å²) in [6.07, 6.45) is 1.37. The molecule has 8 nitrogen and oxygen atoms in total. The number of anilines is 1. The highest BCUT2D eigenvalue weighted by atomic mass is 16.2. The van der Waals surface area contributed by atoms with Gasteiger partial charge in [-0.15, -0.1) is 0 Å². The van der Waals surface area contributed by atoms with Gasteiger partial charge in [0.15, 0.2) is 0 Å². The van der Waals surface area contributed by atoms with E-state index in [9.17, 15) is 14.4 Å². The first kappa shape index (κ1) is 22.5. The molecule has 1 aromatic heterocycles. The van der Waals surface area contributed by atoms with Crippen molar-refractivity contribution >= 4 is 23.5 Å². The van der Waals surface area contributed by atoms with Crippen LogP contribution in [0.5, 0.6) is 0 Å². The fourth-order valence-corrected chi connectivity index (χ4v) is 3.60. The van der Waals surface area contributed by atoms with E-state index in [1.807, 2.05) is 36.4 Å². The minimum Gasteiger partial charge on any atom is -0.369 e. The quantitative estimate of drug-likeness (QED) is 0.741. The first-order chi connectivity index (χ1) is 14.6. The standard InChI is InChI=1S/C23H31N5O3/c1-23(2,3)18-15-19(28(26-18)17-7-5-4-6-8-17)25-20(29)9-10-21(30)27-13-11-16(12-14-27)22(24)31/h4-8,15-16H,9-14H2,1-3H3,(H2,24,31)(H,25,29). The summed E-state index contributed by atoms with van der Waals surface area (Å²) < 4.78 is 1.72. The minimum absolute atomic E-state index is 0.0787. The molecule has 0 atom stereocenters. The molecule has 3 rings (SSSR count). The van der Waals surface area contributed by atoms with Crippen molar-refractivity contribution in [2.45, 2.75) is 51.9 Å². The second kappa shape index (κ2) is 9.32. The Morgan fingerprint density at radius 1 is 1.10 bits per heavy atom. The summed E-state index contributed by atoms with van der Waals surface area (Å²) in [5.74, 6) is -0.211. The Kier molecular flexibility index (Phi) is 6.77. The third-order valence-corrected chi connectivity index (χ3v) is 5.56. The zero-order valence-corrected chi connectivity index (χ0v) is 18.4. The molecular weight excluding hydrogens is 394 g/mol. The number of benzene rings is 1. The van der Waals surface area contributed by atoms with E-state index in [1.165, 1.54) is 0 Å². The maximum Gasteiger partial charge on any atom is 0.226 e. The lowest BCUT2D eigenvalue weighted by Gasteiger charge is -2.30. The van der Waals surface area contributed by atoms with Crippen LogP contribution in [0.3, 0.4) is 0 Å². The lowest BCUT2D eigenvalue weighted by molar-refractivity contribution is -0.135. The molecule has 2 heterocycles. The molecule has 1 saturated heterocycles. The lowest BCUT2D eigenvalue weighted by atomic mass is 9.92. The summed E-state index contributed by atoms with van der Waals surface area (Å²) in [6, 6.07) is 11.5. The average molecular weight is 426 g/mol. The van der Waals surface area contributed by atoms with E-state index in [2.05, 4.69) is 31.2 Å². The number of primary amides is 1. The van der Waals surface area contributed by atoms with Crippen molar-refractivity contribution in [1.82, 2.24) is 14.7 Å². The molecule has 0 spiro atoms. The summed E-state index contributed by atoms with van der Waals surface area (Å²) in [5, 5.41) is 7.60. The average Bonchev–Trinajstić information content (AvgIpc) is 3.17. The number of hydrogen-bond acceptors (Lipinski definition) is 4. The van der Waals surface area contributed by atoms with Gasteiger partial charge in [-0.05, 0) is 25.0 Å². The van der Waals surface area contributed by atoms with E-state index in [1.54, 1.807) is 9.58 Å². The molecule has 0 radical (unpaired) electrons. The van der Waals surface area contributed by atoms with Crippen LogP contribution in [-0.4, -0.2) is 45.5 Å². The SMILES string of the molecule is CC(C)(C)c1cc(NC(=O)CCC(=O)N2CCC(C(N)=O)CC2)n(-c2ccccc2)n1. The highest BCUT2D eigenvalue weighted by Gasteiger charge is 2.26. The van der Waals surface area contributed by atoms with E-state index in [-0.39, 0.29) is 41.9 Å². The van der Waals surface area contributed by atoms with Crippen LogP contribution in [0.15, 0.2) is 36.4 Å². The number of amides is 3. The second-order valence-electron chi connectivity index (χ2n) is 9.02. The number of likely N-dealkylation sites (tertiary alicyclic amines) is 1. The number of rotatable bonds is 6. The summed E-state index contributed by atoms with van der Waals surface area (Å²) in [6.45, 7) is 7.20. The Morgan fingerprint density at radius 2 is 1.74 bits per heavy atom. The van der Waals surface area contributed by atoms with Gasteiger partial charge in [-0.1, -0.05) is 39.0 Å². The number of aromatic nitrogens is 2. The number of para-hydroxylation sites is 1. The Bertz CT molecular complexity index is 938. The van der Waals surface area contributed by atoms with Crippen LogP contribution < -0.4 is 11.1 Å². The van der Waals surface area contributed by atoms with Gasteiger partial charge in [0.25, 0.3) is 0 Å². The van der Waals surface area contributed by atoms with Gasteiger partial charge in [-0.3, -0.25) is 14.4 Å². The molecule has 2 aromatic rings. The van der Waals surface area contributed by atoms with Crippen molar-refractivity contribution in [3.05, 3.63) is 42.1 Å². The van der Waals surface area contributed by atoms with Crippen molar-refractivity contribution in [3.63, 3.8) is 0 Å². The molecule has 8 heteroatoms. The molecule has 1 fully saturated rings. The van der Waals surface area contributed by atoms with Crippen LogP contribution >= 0.6 is 0 Å². The number of nitrogens with zero attached hydrogens (tertiary/aromatic N) is 3. The molecular formula is C23H31N5O3. The summed E-state index contributed by atoms with van der Waals surface area (Å²) in [5.41, 5.74) is 6.88. The second-order valence-corrected chi connectivity index (χ2v) is 9.02. The molecule has 166 valence electrons. The van der Waals surface area contributed by atoms with Crippen molar-refractivity contribution in [2.24, 2.45) is 11.7 Å². The van der Waals surface area contributed by atoms with Crippen LogP contribution in [0.25, 0.3) is 5.69 Å². The van der Waals surface area contributed by atoms with E-state index in [0.717, 1.165) is 11.4 Å². The van der Waals surface area contributed by atoms with E-state index in [4.69, 9.17) is 5.73 Å². The van der Waals surface area contributed by atoms with Crippen LogP contribution in [0, 0.1) is 5.92 Å². The predicted octanol–water partition coefficient (Wildman–Crippen LogP) is 2.61. The highest BCUT2D eigenvalue weighted by molar-refractivity contribution is 5.93. The minimum atomic E-state index is -0.309. The van der Waals surface area contributed by atoms with E-state index < -0.39 is 0 Å². The van der Waals surface area contributed by atoms with Crippen molar-refractivity contribution in [2.75, 3.05) is 18.4 Å². The maximum absolute atomic E-state index is 12.6. The van der Waals surface area contributed by atoms with Gasteiger partial charge in [-0.2, -0.15) is 5.10 Å². The molecule has 0 aliphatic carbocycles. The molecule has 31 heavy (non-hydrogen) atoms. The smallest absolute Gasteiger partial charge is 0.226 e. The van der Waals surface area contributed by atoms with Gasteiger partial charge in [0, 0.05) is 43.3 Å². The highest BCUT2D eigenvalue weighted by Crippen LogP contribution is 2.26. The fourth-order valence-electron chi connectivity index (χ4n) is 3.60. The predicted molar refractivity (Wildman–Crippen MR) is 119 cm³/mol. The zero-order chi connectivity index (χ0) is 22.6. The number of nitrogens with two attached hydrogens (primary N) is 1. The zero-order valence-electron chi connectivity index (χ0n) is 18.4. The topological polar surface area (TPSA) is 110 Å². The molecule has 3 N–H and O–H groups in total. The number of nitrogens with one attached hydrogen (secondary N) is 1. The van der Waals surface area contributed by atoms with Crippen molar-refractivity contribution in [1.29, 1.82) is 0 Å². The number of piperidine rings is 1. The van der Waals surface area contributed by atoms with Crippen LogP contribution in [0.2, 0.25) is 0 Å². The third-order valence-electron chi connectivity index (χ3n) is 5.56. The molecule has 1 aliphatic heterocycles. The van der Waals surface area contributed by atoms with E-state index in [0.29, 0.717) is 31.7 Å². The first-order valence-electron chi connectivity index (χ1n) is 10.7. The van der Waals surface area contributed by atoms with Gasteiger partial charge in [-0.25, -0.2) is 4.68 Å². The van der Waals surface area contributed by atoms with Crippen LogP contribution in [0.4, 0.5) is 5.82 Å². The van der Waals surface area contributed by atoms with Gasteiger partial charge in [0.2, 0.25) is 17.7 Å². The molecule has 0 unspecified atom stereocenters. The van der Waals surface area contributed by atoms with E-state index >= 15 is 0 Å². The maximum atomic E-state index is 12.6. The van der Waals surface area contributed by atoms with Gasteiger partial charge >= 0.3 is 0 Å². The largest absolute Gasteiger partial charge is 0.369 e. The number of carbonyl (C=O) groups is 3. The van der Waals surface area contributed by atoms with Crippen LogP contribution in [0.1, 0.15) is 52.1 Å². The third kappa shape index (κ3) is 5.71. The van der Waals surface area contributed by atoms with Gasteiger partial charge in [0.1, 0.15) is 5.82 Å². The van der Waals surface area contributed by atoms with Gasteiger partial charge in [0.05, 0.1) is 11.4 Å². The number of hydrogen-bond donors (Lipinski definition) is 2. The monoisotopic (exact) mass is 425 g/mol. The summed E-state index contributed by atoms with van der Waals surface area (Å²) in [7, 11) is 0. The molecule has 0 saturated carbocycles. The fraction of sp³-hybridized carbons (Fsp3) is 0.478. The molecule has 3 amide bonds. The molecule has 1 aromatic carbocycles. The Balaban J connectivity index is 1.62. The Labute approximate surface area is 182 Å². The van der Waals surface area contributed by atoms with Gasteiger partial charge < -0.3 is 16.0 Å².